The number of ether oxygens (including phenoxy) is 1. The van der Waals surface area contributed by atoms with Crippen molar-refractivity contribution in [2.24, 2.45) is 0 Å². The van der Waals surface area contributed by atoms with Crippen molar-refractivity contribution in [1.29, 1.82) is 0 Å². The number of likely N-dealkylation sites (tertiary alicyclic amines) is 1. The Morgan fingerprint density at radius 1 is 1.30 bits per heavy atom. The van der Waals surface area contributed by atoms with Crippen LogP contribution in [0, 0.1) is 6.92 Å². The number of halogens is 1. The molecule has 2 atom stereocenters. The van der Waals surface area contributed by atoms with Crippen molar-refractivity contribution in [3.05, 3.63) is 29.8 Å². The van der Waals surface area contributed by atoms with Crippen LogP contribution in [0.5, 0.6) is 0 Å². The zero-order valence-electron chi connectivity index (χ0n) is 12.5. The minimum Gasteiger partial charge on any atom is -0.465 e. The molecule has 2 rings (SSSR count). The molecule has 1 aliphatic rings. The SMILES string of the molecule is Cc1ccc(S(=O)(=O)OCCOC2CN(C(=O)O)CC2Br)cc1. The molecule has 7 nitrogen and oxygen atoms in total. The van der Waals surface area contributed by atoms with Gasteiger partial charge in [0.2, 0.25) is 0 Å². The van der Waals surface area contributed by atoms with Gasteiger partial charge in [-0.2, -0.15) is 8.42 Å². The maximum atomic E-state index is 12.0. The van der Waals surface area contributed by atoms with Gasteiger partial charge in [0.25, 0.3) is 10.1 Å². The third-order valence-corrected chi connectivity index (χ3v) is 5.64. The molecule has 0 bridgehead atoms. The van der Waals surface area contributed by atoms with Gasteiger partial charge in [-0.15, -0.1) is 0 Å². The average molecular weight is 408 g/mol. The summed E-state index contributed by atoms with van der Waals surface area (Å²) in [6, 6.07) is 6.37. The number of carboxylic acid groups (broad SMARTS) is 1. The standard InChI is InChI=1S/C14H18BrNO6S/c1-10-2-4-11(5-3-10)23(19,20)22-7-6-21-13-9-16(14(17)18)8-12(13)15/h2-5,12-13H,6-9H2,1H3,(H,17,18). The number of benzene rings is 1. The summed E-state index contributed by atoms with van der Waals surface area (Å²) in [6.07, 6.45) is -1.32. The van der Waals surface area contributed by atoms with Gasteiger partial charge in [-0.05, 0) is 19.1 Å². The first kappa shape index (κ1) is 18.2. The number of alkyl halides is 1. The van der Waals surface area contributed by atoms with E-state index in [2.05, 4.69) is 15.9 Å². The van der Waals surface area contributed by atoms with Crippen molar-refractivity contribution in [2.45, 2.75) is 22.8 Å². The lowest BCUT2D eigenvalue weighted by Gasteiger charge is -2.14. The quantitative estimate of drug-likeness (QED) is 0.439. The molecule has 1 saturated heterocycles. The molecule has 0 radical (unpaired) electrons. The Bertz CT molecular complexity index is 648. The van der Waals surface area contributed by atoms with Crippen molar-refractivity contribution in [1.82, 2.24) is 4.90 Å². The number of nitrogens with zero attached hydrogens (tertiary/aromatic N) is 1. The first-order chi connectivity index (χ1) is 10.8. The molecule has 1 aliphatic heterocycles. The maximum Gasteiger partial charge on any atom is 0.407 e. The van der Waals surface area contributed by atoms with Gasteiger partial charge >= 0.3 is 6.09 Å². The van der Waals surface area contributed by atoms with Crippen molar-refractivity contribution in [3.8, 4) is 0 Å². The van der Waals surface area contributed by atoms with Gasteiger partial charge in [-0.1, -0.05) is 33.6 Å². The molecule has 0 aliphatic carbocycles. The predicted octanol–water partition coefficient (Wildman–Crippen LogP) is 1.84. The number of aryl methyl sites for hydroxylation is 1. The summed E-state index contributed by atoms with van der Waals surface area (Å²) in [5, 5.41) is 8.92. The second-order valence-electron chi connectivity index (χ2n) is 5.20. The highest BCUT2D eigenvalue weighted by Crippen LogP contribution is 2.20. The van der Waals surface area contributed by atoms with E-state index in [1.807, 2.05) is 6.92 Å². The van der Waals surface area contributed by atoms with Crippen molar-refractivity contribution >= 4 is 32.1 Å². The van der Waals surface area contributed by atoms with Crippen LogP contribution < -0.4 is 0 Å². The first-order valence-corrected chi connectivity index (χ1v) is 9.31. The Morgan fingerprint density at radius 2 is 1.96 bits per heavy atom. The van der Waals surface area contributed by atoms with Crippen molar-refractivity contribution in [2.75, 3.05) is 26.3 Å². The normalized spacial score (nSPS) is 21.6. The molecule has 1 heterocycles. The molecule has 1 N–H and O–H groups in total. The van der Waals surface area contributed by atoms with E-state index in [9.17, 15) is 13.2 Å². The van der Waals surface area contributed by atoms with Gasteiger partial charge in [-0.25, -0.2) is 4.79 Å². The maximum absolute atomic E-state index is 12.0. The minimum absolute atomic E-state index is 0.0608. The van der Waals surface area contributed by atoms with E-state index in [0.29, 0.717) is 6.54 Å². The number of hydrogen-bond donors (Lipinski definition) is 1. The Labute approximate surface area is 143 Å². The molecule has 2 unspecified atom stereocenters. The van der Waals surface area contributed by atoms with Gasteiger partial charge < -0.3 is 14.7 Å². The minimum atomic E-state index is -3.81. The summed E-state index contributed by atoms with van der Waals surface area (Å²) < 4.78 is 34.4. The van der Waals surface area contributed by atoms with Crippen molar-refractivity contribution < 1.29 is 27.2 Å². The van der Waals surface area contributed by atoms with E-state index >= 15 is 0 Å². The third kappa shape index (κ3) is 4.90. The Kier molecular flexibility index (Phi) is 6.01. The molecule has 1 aromatic rings. The monoisotopic (exact) mass is 407 g/mol. The molecule has 0 spiro atoms. The van der Waals surface area contributed by atoms with Crippen LogP contribution >= 0.6 is 15.9 Å². The summed E-state index contributed by atoms with van der Waals surface area (Å²) in [7, 11) is -3.81. The van der Waals surface area contributed by atoms with Crippen LogP contribution in [0.2, 0.25) is 0 Å². The lowest BCUT2D eigenvalue weighted by Crippen LogP contribution is -2.29. The van der Waals surface area contributed by atoms with Crippen LogP contribution in [-0.2, 0) is 19.0 Å². The van der Waals surface area contributed by atoms with Crippen LogP contribution in [0.4, 0.5) is 4.79 Å². The van der Waals surface area contributed by atoms with Gasteiger partial charge in [-0.3, -0.25) is 4.18 Å². The molecule has 9 heteroatoms. The molecular weight excluding hydrogens is 390 g/mol. The Hall–Kier alpha value is -1.16. The van der Waals surface area contributed by atoms with Crippen LogP contribution in [0.25, 0.3) is 0 Å². The summed E-state index contributed by atoms with van der Waals surface area (Å²) >= 11 is 3.36. The Morgan fingerprint density at radius 3 is 2.52 bits per heavy atom. The van der Waals surface area contributed by atoms with Gasteiger partial charge in [0.1, 0.15) is 0 Å². The molecule has 0 aromatic heterocycles. The van der Waals surface area contributed by atoms with E-state index in [1.54, 1.807) is 12.1 Å². The second kappa shape index (κ2) is 7.61. The average Bonchev–Trinajstić information content (AvgIpc) is 2.86. The van der Waals surface area contributed by atoms with Crippen LogP contribution in [0.1, 0.15) is 5.56 Å². The van der Waals surface area contributed by atoms with Crippen LogP contribution in [-0.4, -0.2) is 61.8 Å². The lowest BCUT2D eigenvalue weighted by molar-refractivity contribution is 0.0434. The van der Waals surface area contributed by atoms with Gasteiger partial charge in [0, 0.05) is 6.54 Å². The van der Waals surface area contributed by atoms with Crippen molar-refractivity contribution in [3.63, 3.8) is 0 Å². The highest BCUT2D eigenvalue weighted by atomic mass is 79.9. The predicted molar refractivity (Wildman–Crippen MR) is 86.4 cm³/mol. The zero-order chi connectivity index (χ0) is 17.0. The fraction of sp³-hybridized carbons (Fsp3) is 0.500. The summed E-state index contributed by atoms with van der Waals surface area (Å²) in [6.45, 7) is 2.38. The van der Waals surface area contributed by atoms with Crippen LogP contribution in [0.15, 0.2) is 29.2 Å². The van der Waals surface area contributed by atoms with Gasteiger partial charge in [0.05, 0.1) is 35.6 Å². The third-order valence-electron chi connectivity index (χ3n) is 3.43. The van der Waals surface area contributed by atoms with E-state index in [-0.39, 0.29) is 35.6 Å². The molecule has 23 heavy (non-hydrogen) atoms. The number of hydrogen-bond acceptors (Lipinski definition) is 5. The van der Waals surface area contributed by atoms with E-state index < -0.39 is 16.2 Å². The molecule has 1 aromatic carbocycles. The fourth-order valence-electron chi connectivity index (χ4n) is 2.16. The summed E-state index contributed by atoms with van der Waals surface area (Å²) in [4.78, 5) is 12.1. The lowest BCUT2D eigenvalue weighted by atomic mass is 10.2. The summed E-state index contributed by atoms with van der Waals surface area (Å²) in [5.41, 5.74) is 0.958. The molecular formula is C14H18BrNO6S. The van der Waals surface area contributed by atoms with E-state index in [4.69, 9.17) is 14.0 Å². The van der Waals surface area contributed by atoms with Crippen LogP contribution in [0.3, 0.4) is 0 Å². The zero-order valence-corrected chi connectivity index (χ0v) is 14.9. The van der Waals surface area contributed by atoms with E-state index in [1.165, 1.54) is 17.0 Å². The molecule has 1 amide bonds. The number of amides is 1. The first-order valence-electron chi connectivity index (χ1n) is 6.99. The fourth-order valence-corrected chi connectivity index (χ4v) is 3.73. The summed E-state index contributed by atoms with van der Waals surface area (Å²) in [5.74, 6) is 0. The molecule has 128 valence electrons. The number of rotatable bonds is 6. The Balaban J connectivity index is 1.79. The highest BCUT2D eigenvalue weighted by Gasteiger charge is 2.34. The smallest absolute Gasteiger partial charge is 0.407 e. The topological polar surface area (TPSA) is 93.1 Å². The molecule has 0 saturated carbocycles. The van der Waals surface area contributed by atoms with E-state index in [0.717, 1.165) is 5.56 Å². The second-order valence-corrected chi connectivity index (χ2v) is 7.99. The highest BCUT2D eigenvalue weighted by molar-refractivity contribution is 9.09. The molecule has 1 fully saturated rings. The number of carbonyl (C=O) groups is 1. The van der Waals surface area contributed by atoms with Gasteiger partial charge in [0.15, 0.2) is 0 Å². The largest absolute Gasteiger partial charge is 0.465 e.